The van der Waals surface area contributed by atoms with Crippen molar-refractivity contribution in [2.24, 2.45) is 0 Å². The maximum absolute atomic E-state index is 9.82. The summed E-state index contributed by atoms with van der Waals surface area (Å²) < 4.78 is 10.3. The monoisotopic (exact) mass is 184 g/mol. The molecule has 0 aromatic carbocycles. The van der Waals surface area contributed by atoms with Crippen LogP contribution in [-0.2, 0) is 4.74 Å². The van der Waals surface area contributed by atoms with Gasteiger partial charge in [-0.05, 0) is 19.4 Å². The quantitative estimate of drug-likeness (QED) is 0.762. The maximum atomic E-state index is 9.82. The van der Waals surface area contributed by atoms with E-state index < -0.39 is 6.10 Å². The van der Waals surface area contributed by atoms with Gasteiger partial charge in [0.1, 0.15) is 6.10 Å². The van der Waals surface area contributed by atoms with Crippen molar-refractivity contribution in [1.82, 2.24) is 0 Å². The summed E-state index contributed by atoms with van der Waals surface area (Å²) in [7, 11) is 0. The highest BCUT2D eigenvalue weighted by molar-refractivity contribution is 5.10. The minimum Gasteiger partial charge on any atom is -0.472 e. The Morgan fingerprint density at radius 1 is 1.54 bits per heavy atom. The van der Waals surface area contributed by atoms with Gasteiger partial charge in [0.05, 0.1) is 18.6 Å². The fraction of sp³-hybridized carbons (Fsp3) is 0.600. The number of ether oxygens (including phenoxy) is 1. The van der Waals surface area contributed by atoms with Crippen LogP contribution in [0.4, 0.5) is 0 Å². The van der Waals surface area contributed by atoms with Crippen LogP contribution < -0.4 is 0 Å². The summed E-state index contributed by atoms with van der Waals surface area (Å²) in [6.07, 6.45) is 3.18. The second-order valence-electron chi connectivity index (χ2n) is 2.90. The molecule has 2 unspecified atom stereocenters. The van der Waals surface area contributed by atoms with Gasteiger partial charge in [0.15, 0.2) is 0 Å². The third kappa shape index (κ3) is 2.57. The molecule has 3 heteroatoms. The Labute approximate surface area is 78.3 Å². The predicted molar refractivity (Wildman–Crippen MR) is 49.4 cm³/mol. The van der Waals surface area contributed by atoms with Gasteiger partial charge in [-0.2, -0.15) is 0 Å². The van der Waals surface area contributed by atoms with Gasteiger partial charge < -0.3 is 14.3 Å². The Hall–Kier alpha value is -0.800. The normalized spacial score (nSPS) is 15.6. The van der Waals surface area contributed by atoms with E-state index in [0.29, 0.717) is 6.61 Å². The van der Waals surface area contributed by atoms with E-state index in [9.17, 15) is 5.11 Å². The van der Waals surface area contributed by atoms with E-state index in [4.69, 9.17) is 9.15 Å². The van der Waals surface area contributed by atoms with Crippen molar-refractivity contribution in [3.8, 4) is 0 Å². The number of rotatable bonds is 5. The summed E-state index contributed by atoms with van der Waals surface area (Å²) in [5, 5.41) is 9.82. The number of hydrogen-bond donors (Lipinski definition) is 1. The molecule has 1 rings (SSSR count). The van der Waals surface area contributed by atoms with Crippen LogP contribution in [0.5, 0.6) is 0 Å². The molecule has 0 radical (unpaired) electrons. The zero-order valence-electron chi connectivity index (χ0n) is 8.06. The highest BCUT2D eigenvalue weighted by atomic mass is 16.5. The summed E-state index contributed by atoms with van der Waals surface area (Å²) in [5.74, 6) is 0. The standard InChI is InChI=1S/C10H16O3/c1-3-9(13-4-2)10(11)8-5-6-12-7-8/h5-7,9-11H,3-4H2,1-2H3. The van der Waals surface area contributed by atoms with E-state index in [1.54, 1.807) is 18.6 Å². The lowest BCUT2D eigenvalue weighted by Gasteiger charge is -2.20. The third-order valence-corrected chi connectivity index (χ3v) is 2.02. The fourth-order valence-electron chi connectivity index (χ4n) is 1.30. The van der Waals surface area contributed by atoms with Crippen LogP contribution in [0.3, 0.4) is 0 Å². The molecule has 0 bridgehead atoms. The molecule has 13 heavy (non-hydrogen) atoms. The van der Waals surface area contributed by atoms with Crippen LogP contribution in [0.1, 0.15) is 31.9 Å². The molecule has 0 fully saturated rings. The van der Waals surface area contributed by atoms with Gasteiger partial charge in [-0.25, -0.2) is 0 Å². The first-order valence-electron chi connectivity index (χ1n) is 4.61. The SMILES string of the molecule is CCOC(CC)C(O)c1ccoc1. The van der Waals surface area contributed by atoms with Crippen molar-refractivity contribution in [2.75, 3.05) is 6.61 Å². The maximum Gasteiger partial charge on any atom is 0.108 e. The number of aliphatic hydroxyl groups is 1. The Morgan fingerprint density at radius 2 is 2.31 bits per heavy atom. The van der Waals surface area contributed by atoms with Crippen molar-refractivity contribution < 1.29 is 14.3 Å². The van der Waals surface area contributed by atoms with Gasteiger partial charge in [-0.15, -0.1) is 0 Å². The van der Waals surface area contributed by atoms with Crippen LogP contribution in [0.15, 0.2) is 23.0 Å². The molecule has 0 saturated carbocycles. The van der Waals surface area contributed by atoms with Crippen molar-refractivity contribution in [2.45, 2.75) is 32.5 Å². The molecule has 3 nitrogen and oxygen atoms in total. The lowest BCUT2D eigenvalue weighted by Crippen LogP contribution is -2.21. The van der Waals surface area contributed by atoms with Crippen LogP contribution in [-0.4, -0.2) is 17.8 Å². The molecule has 0 saturated heterocycles. The van der Waals surface area contributed by atoms with Crippen LogP contribution in [0.25, 0.3) is 0 Å². The summed E-state index contributed by atoms with van der Waals surface area (Å²) in [6.45, 7) is 4.53. The summed E-state index contributed by atoms with van der Waals surface area (Å²) in [5.41, 5.74) is 0.778. The zero-order chi connectivity index (χ0) is 9.68. The molecule has 0 aliphatic heterocycles. The van der Waals surface area contributed by atoms with Crippen molar-refractivity contribution in [1.29, 1.82) is 0 Å². The van der Waals surface area contributed by atoms with Gasteiger partial charge in [0.2, 0.25) is 0 Å². The third-order valence-electron chi connectivity index (χ3n) is 2.02. The molecule has 0 aliphatic rings. The van der Waals surface area contributed by atoms with Crippen molar-refractivity contribution in [3.63, 3.8) is 0 Å². The molecule has 74 valence electrons. The number of furan rings is 1. The summed E-state index contributed by atoms with van der Waals surface area (Å²) in [4.78, 5) is 0. The van der Waals surface area contributed by atoms with Crippen LogP contribution in [0, 0.1) is 0 Å². The topological polar surface area (TPSA) is 42.6 Å². The van der Waals surface area contributed by atoms with E-state index in [-0.39, 0.29) is 6.10 Å². The van der Waals surface area contributed by atoms with Crippen LogP contribution in [0.2, 0.25) is 0 Å². The van der Waals surface area contributed by atoms with E-state index >= 15 is 0 Å². The van der Waals surface area contributed by atoms with Gasteiger partial charge >= 0.3 is 0 Å². The second kappa shape index (κ2) is 5.04. The Balaban J connectivity index is 2.58. The van der Waals surface area contributed by atoms with Crippen molar-refractivity contribution >= 4 is 0 Å². The lowest BCUT2D eigenvalue weighted by atomic mass is 10.1. The summed E-state index contributed by atoms with van der Waals surface area (Å²) in [6, 6.07) is 1.76. The lowest BCUT2D eigenvalue weighted by molar-refractivity contribution is -0.0357. The molecular formula is C10H16O3. The Kier molecular flexibility index (Phi) is 3.99. The first kappa shape index (κ1) is 10.3. The van der Waals surface area contributed by atoms with Gasteiger partial charge in [0, 0.05) is 12.2 Å². The fourth-order valence-corrected chi connectivity index (χ4v) is 1.30. The number of aliphatic hydroxyl groups excluding tert-OH is 1. The second-order valence-corrected chi connectivity index (χ2v) is 2.90. The first-order chi connectivity index (χ1) is 6.29. The molecular weight excluding hydrogens is 168 g/mol. The zero-order valence-corrected chi connectivity index (χ0v) is 8.06. The highest BCUT2D eigenvalue weighted by Gasteiger charge is 2.19. The minimum atomic E-state index is -0.580. The molecule has 1 heterocycles. The van der Waals surface area contributed by atoms with Crippen molar-refractivity contribution in [3.05, 3.63) is 24.2 Å². The molecule has 1 aromatic rings. The van der Waals surface area contributed by atoms with Gasteiger partial charge in [-0.1, -0.05) is 6.92 Å². The minimum absolute atomic E-state index is 0.136. The van der Waals surface area contributed by atoms with E-state index in [0.717, 1.165) is 12.0 Å². The molecule has 1 aromatic heterocycles. The highest BCUT2D eigenvalue weighted by Crippen LogP contribution is 2.21. The molecule has 0 amide bonds. The van der Waals surface area contributed by atoms with Crippen LogP contribution >= 0.6 is 0 Å². The number of hydrogen-bond acceptors (Lipinski definition) is 3. The van der Waals surface area contributed by atoms with E-state index in [2.05, 4.69) is 0 Å². The molecule has 0 spiro atoms. The average Bonchev–Trinajstić information content (AvgIpc) is 2.65. The first-order valence-corrected chi connectivity index (χ1v) is 4.61. The average molecular weight is 184 g/mol. The van der Waals surface area contributed by atoms with Gasteiger partial charge in [0.25, 0.3) is 0 Å². The molecule has 0 aliphatic carbocycles. The Morgan fingerprint density at radius 3 is 2.77 bits per heavy atom. The van der Waals surface area contributed by atoms with E-state index in [1.165, 1.54) is 0 Å². The van der Waals surface area contributed by atoms with E-state index in [1.807, 2.05) is 13.8 Å². The van der Waals surface area contributed by atoms with Gasteiger partial charge in [-0.3, -0.25) is 0 Å². The molecule has 2 atom stereocenters. The Bertz CT molecular complexity index is 218. The summed E-state index contributed by atoms with van der Waals surface area (Å²) >= 11 is 0. The molecule has 1 N–H and O–H groups in total. The smallest absolute Gasteiger partial charge is 0.108 e. The largest absolute Gasteiger partial charge is 0.472 e. The predicted octanol–water partition coefficient (Wildman–Crippen LogP) is 2.13.